The number of aliphatic hydroxyl groups is 1. The van der Waals surface area contributed by atoms with Crippen molar-refractivity contribution in [3.05, 3.63) is 91.6 Å². The molecular weight excluding hydrogens is 457 g/mol. The predicted molar refractivity (Wildman–Crippen MR) is 122 cm³/mol. The van der Waals surface area contributed by atoms with E-state index < -0.39 is 17.7 Å². The number of nitrogens with zero attached hydrogens (tertiary/aromatic N) is 1. The largest absolute Gasteiger partial charge is 0.507 e. The maximum Gasteiger partial charge on any atom is 0.295 e. The van der Waals surface area contributed by atoms with Crippen molar-refractivity contribution in [2.45, 2.75) is 12.6 Å². The van der Waals surface area contributed by atoms with Crippen LogP contribution in [0.15, 0.2) is 65.6 Å². The summed E-state index contributed by atoms with van der Waals surface area (Å²) in [5.41, 5.74) is 0.678. The third-order valence-electron chi connectivity index (χ3n) is 5.06. The highest BCUT2D eigenvalue weighted by Crippen LogP contribution is 2.45. The Hall–Kier alpha value is -2.80. The van der Waals surface area contributed by atoms with Crippen LogP contribution in [0, 0.1) is 0 Å². The van der Waals surface area contributed by atoms with Gasteiger partial charge >= 0.3 is 0 Å². The molecule has 5 nitrogen and oxygen atoms in total. The number of rotatable bonds is 5. The monoisotopic (exact) mass is 473 g/mol. The first-order valence-corrected chi connectivity index (χ1v) is 10.9. The number of carbonyl (C=O) groups excluding carboxylic acids is 2. The Bertz CT molecular complexity index is 1170. The zero-order valence-corrected chi connectivity index (χ0v) is 18.7. The van der Waals surface area contributed by atoms with E-state index in [2.05, 4.69) is 0 Å². The number of Topliss-reactive ketones (excluding diaryl/α,β-unsaturated/α-hetero) is 1. The first-order chi connectivity index (χ1) is 14.9. The van der Waals surface area contributed by atoms with E-state index in [9.17, 15) is 14.7 Å². The number of aliphatic hydroxyl groups excluding tert-OH is 1. The second kappa shape index (κ2) is 8.75. The lowest BCUT2D eigenvalue weighted by atomic mass is 9.95. The van der Waals surface area contributed by atoms with Gasteiger partial charge in [-0.1, -0.05) is 47.5 Å². The molecule has 2 aromatic carbocycles. The van der Waals surface area contributed by atoms with Gasteiger partial charge in [-0.2, -0.15) is 0 Å². The molecule has 1 aliphatic rings. The van der Waals surface area contributed by atoms with E-state index in [1.165, 1.54) is 23.3 Å². The number of likely N-dealkylation sites (tertiary alicyclic amines) is 1. The first-order valence-electron chi connectivity index (χ1n) is 9.31. The van der Waals surface area contributed by atoms with E-state index in [1.54, 1.807) is 42.5 Å². The molecule has 1 unspecified atom stereocenters. The summed E-state index contributed by atoms with van der Waals surface area (Å²) in [5.74, 6) is -1.33. The third-order valence-corrected chi connectivity index (χ3v) is 6.58. The average molecular weight is 474 g/mol. The van der Waals surface area contributed by atoms with Gasteiger partial charge in [-0.15, -0.1) is 11.3 Å². The van der Waals surface area contributed by atoms with Crippen LogP contribution in [-0.2, 0) is 16.1 Å². The van der Waals surface area contributed by atoms with Crippen molar-refractivity contribution in [3.8, 4) is 5.75 Å². The van der Waals surface area contributed by atoms with Gasteiger partial charge in [0.15, 0.2) is 0 Å². The minimum absolute atomic E-state index is 0.0650. The number of ether oxygens (including phenoxy) is 1. The highest BCUT2D eigenvalue weighted by molar-refractivity contribution is 7.09. The van der Waals surface area contributed by atoms with Crippen LogP contribution >= 0.6 is 34.5 Å². The number of methoxy groups -OCH3 is 1. The minimum atomic E-state index is -0.936. The van der Waals surface area contributed by atoms with Crippen molar-refractivity contribution in [1.29, 1.82) is 0 Å². The molecule has 1 atom stereocenters. The number of hydrogen-bond acceptors (Lipinski definition) is 5. The molecule has 0 radical (unpaired) electrons. The lowest BCUT2D eigenvalue weighted by Gasteiger charge is -2.26. The number of ketones is 1. The number of amides is 1. The molecule has 0 saturated carbocycles. The Morgan fingerprint density at radius 2 is 1.81 bits per heavy atom. The van der Waals surface area contributed by atoms with E-state index >= 15 is 0 Å². The van der Waals surface area contributed by atoms with Crippen molar-refractivity contribution in [2.24, 2.45) is 0 Å². The van der Waals surface area contributed by atoms with Gasteiger partial charge in [0.2, 0.25) is 0 Å². The number of carbonyl (C=O) groups is 2. The van der Waals surface area contributed by atoms with Gasteiger partial charge in [0, 0.05) is 26.0 Å². The fourth-order valence-electron chi connectivity index (χ4n) is 3.61. The molecule has 1 aromatic heterocycles. The van der Waals surface area contributed by atoms with E-state index in [-0.39, 0.29) is 17.9 Å². The molecule has 31 heavy (non-hydrogen) atoms. The van der Waals surface area contributed by atoms with Crippen LogP contribution in [0.1, 0.15) is 22.0 Å². The van der Waals surface area contributed by atoms with Gasteiger partial charge in [0.1, 0.15) is 11.5 Å². The maximum atomic E-state index is 13.1. The molecule has 0 spiro atoms. The van der Waals surface area contributed by atoms with Crippen LogP contribution < -0.4 is 4.74 Å². The lowest BCUT2D eigenvalue weighted by Crippen LogP contribution is -2.29. The number of halogens is 2. The minimum Gasteiger partial charge on any atom is -0.507 e. The highest BCUT2D eigenvalue weighted by atomic mass is 35.5. The molecule has 0 bridgehead atoms. The molecule has 3 aromatic rings. The fraction of sp³-hybridized carbons (Fsp3) is 0.130. The summed E-state index contributed by atoms with van der Waals surface area (Å²) in [5, 5.41) is 13.6. The Morgan fingerprint density at radius 3 is 2.45 bits per heavy atom. The average Bonchev–Trinajstić information content (AvgIpc) is 3.36. The molecule has 4 rings (SSSR count). The van der Waals surface area contributed by atoms with Crippen molar-refractivity contribution < 1.29 is 19.4 Å². The number of thiophene rings is 1. The Labute approximate surface area is 193 Å². The van der Waals surface area contributed by atoms with Crippen molar-refractivity contribution in [1.82, 2.24) is 4.90 Å². The first kappa shape index (κ1) is 21.4. The van der Waals surface area contributed by atoms with Crippen molar-refractivity contribution in [3.63, 3.8) is 0 Å². The highest BCUT2D eigenvalue weighted by Gasteiger charge is 2.47. The van der Waals surface area contributed by atoms with Crippen LogP contribution in [0.5, 0.6) is 5.75 Å². The summed E-state index contributed by atoms with van der Waals surface area (Å²) < 4.78 is 5.22. The number of hydrogen-bond donors (Lipinski definition) is 1. The quantitative estimate of drug-likeness (QED) is 0.293. The summed E-state index contributed by atoms with van der Waals surface area (Å²) in [6.07, 6.45) is 0. The molecule has 1 amide bonds. The van der Waals surface area contributed by atoms with Crippen LogP contribution in [0.4, 0.5) is 0 Å². The Balaban J connectivity index is 1.93. The van der Waals surface area contributed by atoms with Gasteiger partial charge in [0.25, 0.3) is 11.7 Å². The summed E-state index contributed by atoms with van der Waals surface area (Å²) in [7, 11) is 1.50. The van der Waals surface area contributed by atoms with Crippen LogP contribution in [0.2, 0.25) is 10.0 Å². The molecule has 2 heterocycles. The predicted octanol–water partition coefficient (Wildman–Crippen LogP) is 5.69. The zero-order valence-electron chi connectivity index (χ0n) is 16.3. The van der Waals surface area contributed by atoms with Gasteiger partial charge < -0.3 is 14.7 Å². The molecule has 158 valence electrons. The lowest BCUT2D eigenvalue weighted by molar-refractivity contribution is -0.140. The number of benzene rings is 2. The van der Waals surface area contributed by atoms with E-state index in [4.69, 9.17) is 27.9 Å². The molecule has 8 heteroatoms. The molecule has 1 fully saturated rings. The third kappa shape index (κ3) is 3.94. The molecule has 1 N–H and O–H groups in total. The molecule has 0 aliphatic carbocycles. The molecule has 1 aliphatic heterocycles. The molecule has 1 saturated heterocycles. The van der Waals surface area contributed by atoms with Gasteiger partial charge in [-0.05, 0) is 35.7 Å². The van der Waals surface area contributed by atoms with Crippen LogP contribution in [0.25, 0.3) is 5.76 Å². The topological polar surface area (TPSA) is 66.8 Å². The summed E-state index contributed by atoms with van der Waals surface area (Å²) in [6, 6.07) is 14.4. The van der Waals surface area contributed by atoms with Gasteiger partial charge in [-0.25, -0.2) is 0 Å². The Morgan fingerprint density at radius 1 is 1.10 bits per heavy atom. The van der Waals surface area contributed by atoms with E-state index in [0.717, 1.165) is 4.88 Å². The smallest absolute Gasteiger partial charge is 0.295 e. The van der Waals surface area contributed by atoms with Gasteiger partial charge in [0.05, 0.1) is 25.3 Å². The fourth-order valence-corrected chi connectivity index (χ4v) is 4.92. The summed E-state index contributed by atoms with van der Waals surface area (Å²) in [6.45, 7) is 0.184. The van der Waals surface area contributed by atoms with E-state index in [0.29, 0.717) is 26.9 Å². The standard InChI is InChI=1S/C23H17Cl2NO4S/c1-30-14-6-2-5-13(11-14)21(27)19-20(18-16(24)8-3-9-17(18)25)26(23(29)22(19)28)12-15-7-4-10-31-15/h2-11,20,27H,12H2,1H3/b21-19+. The second-order valence-corrected chi connectivity index (χ2v) is 8.72. The van der Waals surface area contributed by atoms with Crippen molar-refractivity contribution in [2.75, 3.05) is 7.11 Å². The summed E-state index contributed by atoms with van der Waals surface area (Å²) >= 11 is 14.4. The zero-order chi connectivity index (χ0) is 22.1. The normalized spacial score (nSPS) is 17.9. The summed E-state index contributed by atoms with van der Waals surface area (Å²) in [4.78, 5) is 28.4. The van der Waals surface area contributed by atoms with Gasteiger partial charge in [-0.3, -0.25) is 9.59 Å². The van der Waals surface area contributed by atoms with Crippen LogP contribution in [-0.4, -0.2) is 28.8 Å². The van der Waals surface area contributed by atoms with E-state index in [1.807, 2.05) is 17.5 Å². The second-order valence-electron chi connectivity index (χ2n) is 6.87. The maximum absolute atomic E-state index is 13.1. The SMILES string of the molecule is COc1cccc(/C(O)=C2\C(=O)C(=O)N(Cc3cccs3)C2c2c(Cl)cccc2Cl)c1. The van der Waals surface area contributed by atoms with Crippen LogP contribution in [0.3, 0.4) is 0 Å². The van der Waals surface area contributed by atoms with Crippen molar-refractivity contribution >= 4 is 52.0 Å². The molecular formula is C23H17Cl2NO4S. The Kier molecular flexibility index (Phi) is 6.05.